The molecular weight excluding hydrogens is 303 g/mol. The first-order valence-corrected chi connectivity index (χ1v) is 6.81. The molecule has 2 N–H and O–H groups in total. The third-order valence-corrected chi connectivity index (χ3v) is 3.24. The number of benzene rings is 2. The van der Waals surface area contributed by atoms with Crippen molar-refractivity contribution in [3.05, 3.63) is 64.7 Å². The standard InChI is InChI=1S/C15H11FN4OS/c16-13-4-2-1-3-12(13)14-18-19-15(22)20(14)17-9-10-5-7-11(21)8-6-10/h1-9,21H,(H,19,22)/b17-9-. The summed E-state index contributed by atoms with van der Waals surface area (Å²) in [6.45, 7) is 0. The number of aromatic amines is 1. The van der Waals surface area contributed by atoms with E-state index in [-0.39, 0.29) is 16.3 Å². The molecule has 5 nitrogen and oxygen atoms in total. The van der Waals surface area contributed by atoms with Crippen LogP contribution in [-0.2, 0) is 0 Å². The average Bonchev–Trinajstić information content (AvgIpc) is 2.88. The SMILES string of the molecule is Oc1ccc(/C=N\n2c(-c3ccccc3F)n[nH]c2=S)cc1. The maximum atomic E-state index is 13.9. The van der Waals surface area contributed by atoms with Crippen LogP contribution in [0.5, 0.6) is 5.75 Å². The molecule has 1 heterocycles. The van der Waals surface area contributed by atoms with Crippen LogP contribution in [0.25, 0.3) is 11.4 Å². The van der Waals surface area contributed by atoms with Gasteiger partial charge in [0.25, 0.3) is 0 Å². The molecule has 22 heavy (non-hydrogen) atoms. The van der Waals surface area contributed by atoms with Crippen LogP contribution in [0.2, 0.25) is 0 Å². The van der Waals surface area contributed by atoms with Crippen molar-refractivity contribution in [2.45, 2.75) is 0 Å². The van der Waals surface area contributed by atoms with Crippen LogP contribution in [0.15, 0.2) is 53.6 Å². The van der Waals surface area contributed by atoms with Crippen LogP contribution in [-0.4, -0.2) is 26.2 Å². The van der Waals surface area contributed by atoms with E-state index in [0.717, 1.165) is 5.56 Å². The Labute approximate surface area is 130 Å². The molecule has 0 atom stereocenters. The summed E-state index contributed by atoms with van der Waals surface area (Å²) in [5.74, 6) is 0.0554. The quantitative estimate of drug-likeness (QED) is 0.575. The summed E-state index contributed by atoms with van der Waals surface area (Å²) in [4.78, 5) is 0. The van der Waals surface area contributed by atoms with Gasteiger partial charge < -0.3 is 5.11 Å². The van der Waals surface area contributed by atoms with Crippen LogP contribution >= 0.6 is 12.2 Å². The van der Waals surface area contributed by atoms with Crippen molar-refractivity contribution >= 4 is 18.4 Å². The van der Waals surface area contributed by atoms with E-state index >= 15 is 0 Å². The van der Waals surface area contributed by atoms with Crippen LogP contribution in [0.1, 0.15) is 5.56 Å². The highest BCUT2D eigenvalue weighted by Crippen LogP contribution is 2.20. The number of rotatable bonds is 3. The number of phenolic OH excluding ortho intramolecular Hbond substituents is 1. The summed E-state index contributed by atoms with van der Waals surface area (Å²) >= 11 is 5.12. The highest BCUT2D eigenvalue weighted by atomic mass is 32.1. The van der Waals surface area contributed by atoms with Gasteiger partial charge in [-0.1, -0.05) is 12.1 Å². The third-order valence-electron chi connectivity index (χ3n) is 2.98. The Hall–Kier alpha value is -2.80. The molecule has 0 aliphatic rings. The molecule has 0 aliphatic carbocycles. The van der Waals surface area contributed by atoms with E-state index in [4.69, 9.17) is 12.2 Å². The van der Waals surface area contributed by atoms with E-state index in [1.807, 2.05) is 0 Å². The first-order valence-electron chi connectivity index (χ1n) is 6.41. The van der Waals surface area contributed by atoms with Crippen LogP contribution in [0.4, 0.5) is 4.39 Å². The molecule has 0 unspecified atom stereocenters. The van der Waals surface area contributed by atoms with Gasteiger partial charge in [-0.3, -0.25) is 0 Å². The molecule has 0 aliphatic heterocycles. The van der Waals surface area contributed by atoms with Gasteiger partial charge in [-0.05, 0) is 54.2 Å². The van der Waals surface area contributed by atoms with Gasteiger partial charge >= 0.3 is 0 Å². The monoisotopic (exact) mass is 314 g/mol. The largest absolute Gasteiger partial charge is 0.508 e. The first-order chi connectivity index (χ1) is 10.6. The zero-order chi connectivity index (χ0) is 15.5. The molecule has 7 heteroatoms. The molecule has 2 aromatic carbocycles. The Balaban J connectivity index is 2.02. The number of halogens is 1. The average molecular weight is 314 g/mol. The molecule has 0 saturated heterocycles. The topological polar surface area (TPSA) is 66.2 Å². The summed E-state index contributed by atoms with van der Waals surface area (Å²) in [6.07, 6.45) is 1.55. The molecule has 3 rings (SSSR count). The Morgan fingerprint density at radius 1 is 1.18 bits per heavy atom. The van der Waals surface area contributed by atoms with E-state index in [0.29, 0.717) is 5.56 Å². The molecular formula is C15H11FN4OS. The molecule has 110 valence electrons. The molecule has 0 spiro atoms. The molecule has 0 amide bonds. The van der Waals surface area contributed by atoms with E-state index in [2.05, 4.69) is 15.3 Å². The van der Waals surface area contributed by atoms with E-state index in [9.17, 15) is 9.50 Å². The van der Waals surface area contributed by atoms with Crippen molar-refractivity contribution in [1.82, 2.24) is 14.9 Å². The highest BCUT2D eigenvalue weighted by molar-refractivity contribution is 7.71. The Morgan fingerprint density at radius 3 is 2.64 bits per heavy atom. The van der Waals surface area contributed by atoms with Crippen molar-refractivity contribution in [1.29, 1.82) is 0 Å². The maximum Gasteiger partial charge on any atom is 0.216 e. The first kappa shape index (κ1) is 14.2. The minimum Gasteiger partial charge on any atom is -0.508 e. The van der Waals surface area contributed by atoms with Crippen LogP contribution in [0.3, 0.4) is 0 Å². The number of H-pyrrole nitrogens is 1. The molecule has 1 aromatic heterocycles. The van der Waals surface area contributed by atoms with Gasteiger partial charge in [-0.25, -0.2) is 9.49 Å². The fourth-order valence-corrected chi connectivity index (χ4v) is 2.08. The summed E-state index contributed by atoms with van der Waals surface area (Å²) in [6, 6.07) is 12.8. The molecule has 0 radical (unpaired) electrons. The maximum absolute atomic E-state index is 13.9. The van der Waals surface area contributed by atoms with Gasteiger partial charge in [0.15, 0.2) is 5.82 Å². The smallest absolute Gasteiger partial charge is 0.216 e. The Bertz CT molecular complexity index is 883. The van der Waals surface area contributed by atoms with E-state index < -0.39 is 5.82 Å². The van der Waals surface area contributed by atoms with Crippen molar-refractivity contribution < 1.29 is 9.50 Å². The predicted octanol–water partition coefficient (Wildman–Crippen LogP) is 3.33. The molecule has 0 saturated carbocycles. The number of aromatic nitrogens is 3. The lowest BCUT2D eigenvalue weighted by molar-refractivity contribution is 0.475. The number of hydrogen-bond acceptors (Lipinski definition) is 4. The van der Waals surface area contributed by atoms with Gasteiger partial charge in [0.05, 0.1) is 11.8 Å². The number of nitrogens with one attached hydrogen (secondary N) is 1. The lowest BCUT2D eigenvalue weighted by Crippen LogP contribution is -1.96. The Kier molecular flexibility index (Phi) is 3.80. The molecule has 0 bridgehead atoms. The van der Waals surface area contributed by atoms with Gasteiger partial charge in [0.1, 0.15) is 11.6 Å². The van der Waals surface area contributed by atoms with Crippen molar-refractivity contribution in [2.24, 2.45) is 5.10 Å². The number of phenols is 1. The summed E-state index contributed by atoms with van der Waals surface area (Å²) in [7, 11) is 0. The summed E-state index contributed by atoms with van der Waals surface area (Å²) in [5.41, 5.74) is 1.07. The predicted molar refractivity (Wildman–Crippen MR) is 83.9 cm³/mol. The molecule has 3 aromatic rings. The molecule has 0 fully saturated rings. The number of nitrogens with zero attached hydrogens (tertiary/aromatic N) is 3. The minimum absolute atomic E-state index is 0.170. The Morgan fingerprint density at radius 2 is 1.91 bits per heavy atom. The number of aromatic hydroxyl groups is 1. The summed E-state index contributed by atoms with van der Waals surface area (Å²) in [5, 5.41) is 20.1. The van der Waals surface area contributed by atoms with E-state index in [1.165, 1.54) is 10.7 Å². The second-order valence-corrected chi connectivity index (χ2v) is 4.87. The highest BCUT2D eigenvalue weighted by Gasteiger charge is 2.12. The van der Waals surface area contributed by atoms with Crippen molar-refractivity contribution in [2.75, 3.05) is 0 Å². The summed E-state index contributed by atoms with van der Waals surface area (Å²) < 4.78 is 15.5. The van der Waals surface area contributed by atoms with Crippen LogP contribution in [0, 0.1) is 10.6 Å². The van der Waals surface area contributed by atoms with Gasteiger partial charge in [-0.15, -0.1) is 0 Å². The zero-order valence-corrected chi connectivity index (χ0v) is 12.1. The number of hydrogen-bond donors (Lipinski definition) is 2. The van der Waals surface area contributed by atoms with E-state index in [1.54, 1.807) is 48.7 Å². The van der Waals surface area contributed by atoms with Gasteiger partial charge in [0, 0.05) is 0 Å². The normalized spacial score (nSPS) is 11.1. The second kappa shape index (κ2) is 5.90. The van der Waals surface area contributed by atoms with Crippen LogP contribution < -0.4 is 0 Å². The fourth-order valence-electron chi connectivity index (χ4n) is 1.90. The second-order valence-electron chi connectivity index (χ2n) is 4.48. The van der Waals surface area contributed by atoms with Crippen molar-refractivity contribution in [3.63, 3.8) is 0 Å². The lowest BCUT2D eigenvalue weighted by atomic mass is 10.2. The lowest BCUT2D eigenvalue weighted by Gasteiger charge is -2.02. The van der Waals surface area contributed by atoms with Gasteiger partial charge in [0.2, 0.25) is 4.77 Å². The third kappa shape index (κ3) is 2.79. The minimum atomic E-state index is -0.405. The van der Waals surface area contributed by atoms with Gasteiger partial charge in [-0.2, -0.15) is 14.9 Å². The van der Waals surface area contributed by atoms with Crippen molar-refractivity contribution in [3.8, 4) is 17.1 Å². The zero-order valence-electron chi connectivity index (χ0n) is 11.3. The fraction of sp³-hybridized carbons (Fsp3) is 0.